The Kier molecular flexibility index (Phi) is 8.76. The van der Waals surface area contributed by atoms with Gasteiger partial charge in [0.2, 0.25) is 20.9 Å². The van der Waals surface area contributed by atoms with E-state index >= 15 is 0 Å². The first-order chi connectivity index (χ1) is 20.2. The third kappa shape index (κ3) is 5.96. The average molecular weight is 609 g/mol. The molecule has 1 saturated heterocycles. The first kappa shape index (κ1) is 29.5. The number of anilines is 1. The number of hydrazone groups is 1. The van der Waals surface area contributed by atoms with Gasteiger partial charge < -0.3 is 14.2 Å². The lowest BCUT2D eigenvalue weighted by molar-refractivity contribution is 0.0987. The summed E-state index contributed by atoms with van der Waals surface area (Å²) in [5.41, 5.74) is 2.68. The molecule has 1 aliphatic heterocycles. The average Bonchev–Trinajstić information content (AvgIpc) is 3.43. The molecule has 4 aromatic rings. The van der Waals surface area contributed by atoms with E-state index in [4.69, 9.17) is 14.2 Å². The topological polar surface area (TPSA) is 111 Å². The number of carbonyl (C=O) groups is 1. The van der Waals surface area contributed by atoms with Crippen LogP contribution in [0, 0.1) is 6.92 Å². The smallest absolute Gasteiger partial charge is 0.280 e. The summed E-state index contributed by atoms with van der Waals surface area (Å²) in [6.45, 7) is 3.00. The zero-order valence-electron chi connectivity index (χ0n) is 23.9. The standard InChI is InChI=1S/C30H32N4O6S2/c1-20-8-13-24-27(16-20)41-30(32-24)34(31-19-21-17-25(38-2)28(40-4)26(18-21)39-3)29(35)22-9-11-23(12-10-22)42(36,37)33-14-6-5-7-15-33/h8-13,16-19H,5-7,14-15H2,1-4H3/b31-19+. The summed E-state index contributed by atoms with van der Waals surface area (Å²) in [6.07, 6.45) is 4.22. The number of aryl methyl sites for hydroxylation is 1. The van der Waals surface area contributed by atoms with Gasteiger partial charge in [-0.15, -0.1) is 0 Å². The fraction of sp³-hybridized carbons (Fsp3) is 0.300. The molecule has 220 valence electrons. The molecule has 0 aliphatic carbocycles. The van der Waals surface area contributed by atoms with Crippen molar-refractivity contribution < 1.29 is 27.4 Å². The normalized spacial score (nSPS) is 14.3. The van der Waals surface area contributed by atoms with E-state index in [0.29, 0.717) is 41.0 Å². The van der Waals surface area contributed by atoms with Gasteiger partial charge in [-0.3, -0.25) is 4.79 Å². The van der Waals surface area contributed by atoms with Crippen molar-refractivity contribution in [2.24, 2.45) is 5.10 Å². The van der Waals surface area contributed by atoms with Crippen LogP contribution in [0.15, 0.2) is 64.6 Å². The van der Waals surface area contributed by atoms with E-state index in [-0.39, 0.29) is 10.5 Å². The van der Waals surface area contributed by atoms with E-state index in [9.17, 15) is 13.2 Å². The molecule has 1 aromatic heterocycles. The molecule has 3 aromatic carbocycles. The maximum absolute atomic E-state index is 13.9. The summed E-state index contributed by atoms with van der Waals surface area (Å²) in [6, 6.07) is 15.3. The number of sulfonamides is 1. The minimum atomic E-state index is -3.63. The maximum atomic E-state index is 13.9. The van der Waals surface area contributed by atoms with Crippen molar-refractivity contribution >= 4 is 48.8 Å². The molecule has 12 heteroatoms. The third-order valence-electron chi connectivity index (χ3n) is 6.97. The van der Waals surface area contributed by atoms with Crippen LogP contribution in [-0.4, -0.2) is 64.2 Å². The predicted octanol–water partition coefficient (Wildman–Crippen LogP) is 5.49. The Balaban J connectivity index is 1.51. The molecular formula is C30H32N4O6S2. The molecule has 0 saturated carbocycles. The highest BCUT2D eigenvalue weighted by molar-refractivity contribution is 7.89. The second-order valence-electron chi connectivity index (χ2n) is 9.78. The summed E-state index contributed by atoms with van der Waals surface area (Å²) < 4.78 is 45.0. The minimum Gasteiger partial charge on any atom is -0.493 e. The second kappa shape index (κ2) is 12.5. The highest BCUT2D eigenvalue weighted by Gasteiger charge is 2.27. The van der Waals surface area contributed by atoms with Gasteiger partial charge in [-0.2, -0.15) is 14.4 Å². The third-order valence-corrected chi connectivity index (χ3v) is 9.88. The van der Waals surface area contributed by atoms with Crippen LogP contribution < -0.4 is 19.2 Å². The van der Waals surface area contributed by atoms with E-state index in [1.165, 1.54) is 72.5 Å². The largest absolute Gasteiger partial charge is 0.493 e. The van der Waals surface area contributed by atoms with Crippen LogP contribution in [0.25, 0.3) is 10.2 Å². The van der Waals surface area contributed by atoms with Crippen molar-refractivity contribution in [2.45, 2.75) is 31.1 Å². The Morgan fingerprint density at radius 2 is 1.62 bits per heavy atom. The van der Waals surface area contributed by atoms with E-state index < -0.39 is 15.9 Å². The van der Waals surface area contributed by atoms with E-state index in [1.54, 1.807) is 12.1 Å². The van der Waals surface area contributed by atoms with Gasteiger partial charge >= 0.3 is 0 Å². The van der Waals surface area contributed by atoms with E-state index in [2.05, 4.69) is 10.1 Å². The van der Waals surface area contributed by atoms with Gasteiger partial charge in [0.15, 0.2) is 11.5 Å². The van der Waals surface area contributed by atoms with Gasteiger partial charge in [-0.1, -0.05) is 23.8 Å². The van der Waals surface area contributed by atoms with Crippen LogP contribution in [0.1, 0.15) is 40.7 Å². The molecule has 0 unspecified atom stereocenters. The Morgan fingerprint density at radius 1 is 0.952 bits per heavy atom. The number of hydrogen-bond acceptors (Lipinski definition) is 9. The van der Waals surface area contributed by atoms with Crippen molar-refractivity contribution in [3.8, 4) is 17.2 Å². The van der Waals surface area contributed by atoms with E-state index in [1.807, 2.05) is 25.1 Å². The van der Waals surface area contributed by atoms with Crippen LogP contribution in [0.2, 0.25) is 0 Å². The molecule has 1 fully saturated rings. The molecule has 0 bridgehead atoms. The lowest BCUT2D eigenvalue weighted by atomic mass is 10.2. The predicted molar refractivity (Wildman–Crippen MR) is 164 cm³/mol. The van der Waals surface area contributed by atoms with Crippen molar-refractivity contribution in [1.82, 2.24) is 9.29 Å². The number of ether oxygens (including phenoxy) is 3. The summed E-state index contributed by atoms with van der Waals surface area (Å²) in [5.74, 6) is 0.858. The Labute approximate surface area is 249 Å². The van der Waals surface area contributed by atoms with Crippen LogP contribution in [0.4, 0.5) is 5.13 Å². The molecular weight excluding hydrogens is 576 g/mol. The number of carbonyl (C=O) groups excluding carboxylic acids is 1. The number of hydrogen-bond donors (Lipinski definition) is 0. The SMILES string of the molecule is COc1cc(/C=N/N(C(=O)c2ccc(S(=O)(=O)N3CCCCC3)cc2)c2nc3ccc(C)cc3s2)cc(OC)c1OC. The van der Waals surface area contributed by atoms with Gasteiger partial charge in [-0.25, -0.2) is 13.4 Å². The fourth-order valence-corrected chi connectivity index (χ4v) is 7.28. The lowest BCUT2D eigenvalue weighted by Crippen LogP contribution is -2.35. The number of nitrogens with zero attached hydrogens (tertiary/aromatic N) is 4. The van der Waals surface area contributed by atoms with Crippen molar-refractivity contribution in [2.75, 3.05) is 39.4 Å². The van der Waals surface area contributed by atoms with Crippen LogP contribution in [0.5, 0.6) is 17.2 Å². The zero-order valence-corrected chi connectivity index (χ0v) is 25.5. The Morgan fingerprint density at radius 3 is 2.24 bits per heavy atom. The molecule has 42 heavy (non-hydrogen) atoms. The monoisotopic (exact) mass is 608 g/mol. The number of piperidine rings is 1. The molecule has 2 heterocycles. The molecule has 1 amide bonds. The second-order valence-corrected chi connectivity index (χ2v) is 12.7. The molecule has 0 radical (unpaired) electrons. The highest BCUT2D eigenvalue weighted by atomic mass is 32.2. The van der Waals surface area contributed by atoms with Crippen LogP contribution in [-0.2, 0) is 10.0 Å². The summed E-state index contributed by atoms with van der Waals surface area (Å²) in [7, 11) is 0.931. The number of methoxy groups -OCH3 is 3. The molecule has 5 rings (SSSR count). The Hall–Kier alpha value is -4.00. The number of aromatic nitrogens is 1. The van der Waals surface area contributed by atoms with E-state index in [0.717, 1.165) is 35.0 Å². The number of fused-ring (bicyclic) bond motifs is 1. The lowest BCUT2D eigenvalue weighted by Gasteiger charge is -2.25. The maximum Gasteiger partial charge on any atom is 0.280 e. The van der Waals surface area contributed by atoms with Crippen LogP contribution >= 0.6 is 11.3 Å². The van der Waals surface area contributed by atoms with Gasteiger partial charge in [0.25, 0.3) is 5.91 Å². The van der Waals surface area contributed by atoms with Gasteiger partial charge in [0.1, 0.15) is 0 Å². The molecule has 0 N–H and O–H groups in total. The molecule has 0 atom stereocenters. The quantitative estimate of drug-likeness (QED) is 0.183. The zero-order chi connectivity index (χ0) is 29.9. The Bertz CT molecular complexity index is 1700. The number of amides is 1. The van der Waals surface area contributed by atoms with Crippen molar-refractivity contribution in [1.29, 1.82) is 0 Å². The minimum absolute atomic E-state index is 0.156. The first-order valence-electron chi connectivity index (χ1n) is 13.4. The van der Waals surface area contributed by atoms with Crippen molar-refractivity contribution in [3.63, 3.8) is 0 Å². The van der Waals surface area contributed by atoms with Crippen molar-refractivity contribution in [3.05, 3.63) is 71.3 Å². The van der Waals surface area contributed by atoms with Gasteiger partial charge in [0, 0.05) is 24.2 Å². The number of rotatable bonds is 9. The summed E-state index contributed by atoms with van der Waals surface area (Å²) in [4.78, 5) is 18.7. The van der Waals surface area contributed by atoms with Crippen LogP contribution in [0.3, 0.4) is 0 Å². The molecule has 0 spiro atoms. The molecule has 10 nitrogen and oxygen atoms in total. The van der Waals surface area contributed by atoms with Gasteiger partial charge in [0.05, 0.1) is 42.7 Å². The summed E-state index contributed by atoms with van der Waals surface area (Å²) in [5, 5.41) is 6.13. The highest BCUT2D eigenvalue weighted by Crippen LogP contribution is 2.38. The fourth-order valence-electron chi connectivity index (χ4n) is 4.75. The van der Waals surface area contributed by atoms with Gasteiger partial charge in [-0.05, 0) is 73.9 Å². The number of thiazole rings is 1. The first-order valence-corrected chi connectivity index (χ1v) is 15.7. The molecule has 1 aliphatic rings. The number of benzene rings is 3. The summed E-state index contributed by atoms with van der Waals surface area (Å²) >= 11 is 1.33.